The van der Waals surface area contributed by atoms with Gasteiger partial charge >= 0.3 is 0 Å². The Morgan fingerprint density at radius 2 is 1.71 bits per heavy atom. The maximum absolute atomic E-state index is 12.1. The second-order valence-corrected chi connectivity index (χ2v) is 6.24. The molecule has 0 saturated heterocycles. The average molecular weight is 340 g/mol. The van der Waals surface area contributed by atoms with Gasteiger partial charge in [-0.3, -0.25) is 4.79 Å². The van der Waals surface area contributed by atoms with Crippen LogP contribution in [0, 0.1) is 0 Å². The summed E-state index contributed by atoms with van der Waals surface area (Å²) < 4.78 is 0. The van der Waals surface area contributed by atoms with Gasteiger partial charge in [0.1, 0.15) is 5.75 Å². The summed E-state index contributed by atoms with van der Waals surface area (Å²) in [6, 6.07) is 18.3. The molecular weight excluding hydrogens is 322 g/mol. The first-order valence-corrected chi connectivity index (χ1v) is 8.06. The van der Waals surface area contributed by atoms with Gasteiger partial charge < -0.3 is 10.0 Å². The van der Waals surface area contributed by atoms with E-state index in [1.54, 1.807) is 30.1 Å². The van der Waals surface area contributed by atoms with Crippen molar-refractivity contribution in [2.45, 2.75) is 13.0 Å². The molecule has 0 radical (unpaired) electrons. The summed E-state index contributed by atoms with van der Waals surface area (Å²) in [6.45, 7) is 1.52. The van der Waals surface area contributed by atoms with Crippen LogP contribution in [0.3, 0.4) is 0 Å². The molecule has 0 spiro atoms. The van der Waals surface area contributed by atoms with Crippen LogP contribution >= 0.6 is 11.6 Å². The molecule has 1 amide bonds. The van der Waals surface area contributed by atoms with Crippen LogP contribution in [0.25, 0.3) is 10.8 Å². The van der Waals surface area contributed by atoms with Gasteiger partial charge in [0.25, 0.3) is 0 Å². The van der Waals surface area contributed by atoms with E-state index in [0.29, 0.717) is 10.6 Å². The number of hydrogen-bond acceptors (Lipinski definition) is 2. The van der Waals surface area contributed by atoms with Crippen LogP contribution in [0.5, 0.6) is 5.75 Å². The Balaban J connectivity index is 2.28. The fraction of sp³-hybridized carbons (Fsp3) is 0.150. The molecule has 0 heterocycles. The smallest absolute Gasteiger partial charge is 0.219 e. The van der Waals surface area contributed by atoms with Crippen LogP contribution in [-0.2, 0) is 4.79 Å². The fourth-order valence-corrected chi connectivity index (χ4v) is 3.11. The predicted molar refractivity (Wildman–Crippen MR) is 97.4 cm³/mol. The van der Waals surface area contributed by atoms with Gasteiger partial charge in [-0.05, 0) is 34.5 Å². The number of nitrogens with zero attached hydrogens (tertiary/aromatic N) is 1. The first-order chi connectivity index (χ1) is 11.5. The highest BCUT2D eigenvalue weighted by molar-refractivity contribution is 6.30. The van der Waals surface area contributed by atoms with Crippen molar-refractivity contribution in [3.63, 3.8) is 0 Å². The fourth-order valence-electron chi connectivity index (χ4n) is 2.98. The van der Waals surface area contributed by atoms with Gasteiger partial charge in [-0.1, -0.05) is 54.1 Å². The first kappa shape index (κ1) is 16.3. The van der Waals surface area contributed by atoms with Crippen molar-refractivity contribution >= 4 is 28.3 Å². The molecule has 0 aliphatic heterocycles. The molecular formula is C20H18ClNO2. The van der Waals surface area contributed by atoms with Gasteiger partial charge in [0.2, 0.25) is 5.91 Å². The molecule has 3 rings (SSSR count). The number of rotatable bonds is 3. The number of aromatic hydroxyl groups is 1. The number of phenolic OH excluding ortho intramolecular Hbond substituents is 1. The summed E-state index contributed by atoms with van der Waals surface area (Å²) in [5, 5.41) is 13.1. The Bertz CT molecular complexity index is 890. The van der Waals surface area contributed by atoms with Crippen LogP contribution in [0.2, 0.25) is 5.02 Å². The normalized spacial score (nSPS) is 12.1. The summed E-state index contributed by atoms with van der Waals surface area (Å²) in [5.41, 5.74) is 1.61. The van der Waals surface area contributed by atoms with Crippen molar-refractivity contribution in [2.75, 3.05) is 7.05 Å². The summed E-state index contributed by atoms with van der Waals surface area (Å²) in [4.78, 5) is 13.7. The molecule has 0 saturated carbocycles. The molecule has 3 aromatic carbocycles. The summed E-state index contributed by atoms with van der Waals surface area (Å²) >= 11 is 6.00. The van der Waals surface area contributed by atoms with E-state index < -0.39 is 6.04 Å². The maximum atomic E-state index is 12.1. The van der Waals surface area contributed by atoms with Crippen LogP contribution in [0.4, 0.5) is 0 Å². The average Bonchev–Trinajstić information content (AvgIpc) is 2.58. The van der Waals surface area contributed by atoms with E-state index in [1.807, 2.05) is 42.5 Å². The Kier molecular flexibility index (Phi) is 4.45. The number of halogens is 1. The lowest BCUT2D eigenvalue weighted by molar-refractivity contribution is -0.129. The van der Waals surface area contributed by atoms with E-state index in [-0.39, 0.29) is 11.7 Å². The molecule has 3 nitrogen and oxygen atoms in total. The SMILES string of the molecule is CC(=O)N(C)C(c1ccc(Cl)cc1)c1c(O)ccc2ccccc12. The minimum absolute atomic E-state index is 0.0812. The van der Waals surface area contributed by atoms with E-state index in [2.05, 4.69) is 0 Å². The number of fused-ring (bicyclic) bond motifs is 1. The molecule has 0 aliphatic rings. The zero-order valence-electron chi connectivity index (χ0n) is 13.5. The van der Waals surface area contributed by atoms with Gasteiger partial charge in [-0.2, -0.15) is 0 Å². The summed E-state index contributed by atoms with van der Waals surface area (Å²) in [6.07, 6.45) is 0. The highest BCUT2D eigenvalue weighted by Gasteiger charge is 2.26. The molecule has 1 N–H and O–H groups in total. The topological polar surface area (TPSA) is 40.5 Å². The Hall–Kier alpha value is -2.52. The van der Waals surface area contributed by atoms with Crippen LogP contribution in [-0.4, -0.2) is 23.0 Å². The van der Waals surface area contributed by atoms with E-state index in [4.69, 9.17) is 11.6 Å². The van der Waals surface area contributed by atoms with Gasteiger partial charge in [0, 0.05) is 24.6 Å². The van der Waals surface area contributed by atoms with Crippen molar-refractivity contribution in [3.05, 3.63) is 76.8 Å². The standard InChI is InChI=1S/C20H18ClNO2/c1-13(23)22(2)20(15-7-10-16(21)11-8-15)19-17-6-4-3-5-14(17)9-12-18(19)24/h3-12,20,24H,1-2H3. The van der Waals surface area contributed by atoms with E-state index >= 15 is 0 Å². The van der Waals surface area contributed by atoms with Gasteiger partial charge in [0.05, 0.1) is 6.04 Å². The van der Waals surface area contributed by atoms with Gasteiger partial charge in [-0.15, -0.1) is 0 Å². The minimum Gasteiger partial charge on any atom is -0.508 e. The molecule has 24 heavy (non-hydrogen) atoms. The third kappa shape index (κ3) is 2.95. The first-order valence-electron chi connectivity index (χ1n) is 7.68. The maximum Gasteiger partial charge on any atom is 0.219 e. The highest BCUT2D eigenvalue weighted by Crippen LogP contribution is 2.39. The number of phenols is 1. The zero-order valence-corrected chi connectivity index (χ0v) is 14.3. The lowest BCUT2D eigenvalue weighted by atomic mass is 9.92. The monoisotopic (exact) mass is 339 g/mol. The lowest BCUT2D eigenvalue weighted by Gasteiger charge is -2.30. The van der Waals surface area contributed by atoms with Crippen molar-refractivity contribution in [1.82, 2.24) is 4.90 Å². The minimum atomic E-state index is -0.397. The summed E-state index contributed by atoms with van der Waals surface area (Å²) in [5.74, 6) is 0.0871. The molecule has 1 unspecified atom stereocenters. The number of amides is 1. The largest absolute Gasteiger partial charge is 0.508 e. The molecule has 0 aliphatic carbocycles. The Morgan fingerprint density at radius 3 is 2.38 bits per heavy atom. The molecule has 3 aromatic rings. The third-order valence-corrected chi connectivity index (χ3v) is 4.54. The number of carbonyl (C=O) groups is 1. The van der Waals surface area contributed by atoms with Gasteiger partial charge in [0.15, 0.2) is 0 Å². The number of carbonyl (C=O) groups excluding carboxylic acids is 1. The molecule has 4 heteroatoms. The van der Waals surface area contributed by atoms with Crippen molar-refractivity contribution in [1.29, 1.82) is 0 Å². The summed E-state index contributed by atoms with van der Waals surface area (Å²) in [7, 11) is 1.74. The second kappa shape index (κ2) is 6.54. The third-order valence-electron chi connectivity index (χ3n) is 4.29. The predicted octanol–water partition coefficient (Wildman–Crippen LogP) is 4.77. The number of hydrogen-bond donors (Lipinski definition) is 1. The van der Waals surface area contributed by atoms with E-state index in [0.717, 1.165) is 16.3 Å². The zero-order chi connectivity index (χ0) is 17.3. The Morgan fingerprint density at radius 1 is 1.04 bits per heavy atom. The van der Waals surface area contributed by atoms with E-state index in [9.17, 15) is 9.90 Å². The number of benzene rings is 3. The highest BCUT2D eigenvalue weighted by atomic mass is 35.5. The lowest BCUT2D eigenvalue weighted by Crippen LogP contribution is -2.30. The van der Waals surface area contributed by atoms with E-state index in [1.165, 1.54) is 6.92 Å². The second-order valence-electron chi connectivity index (χ2n) is 5.80. The van der Waals surface area contributed by atoms with Crippen LogP contribution in [0.15, 0.2) is 60.7 Å². The van der Waals surface area contributed by atoms with Gasteiger partial charge in [-0.25, -0.2) is 0 Å². The van der Waals surface area contributed by atoms with Crippen LogP contribution in [0.1, 0.15) is 24.1 Å². The molecule has 122 valence electrons. The van der Waals surface area contributed by atoms with Crippen LogP contribution < -0.4 is 0 Å². The molecule has 1 atom stereocenters. The van der Waals surface area contributed by atoms with Crippen molar-refractivity contribution in [2.24, 2.45) is 0 Å². The van der Waals surface area contributed by atoms with Crippen molar-refractivity contribution < 1.29 is 9.90 Å². The molecule has 0 fully saturated rings. The molecule has 0 bridgehead atoms. The Labute approximate surface area is 146 Å². The molecule has 0 aromatic heterocycles. The quantitative estimate of drug-likeness (QED) is 0.747. The van der Waals surface area contributed by atoms with Crippen molar-refractivity contribution in [3.8, 4) is 5.75 Å².